The van der Waals surface area contributed by atoms with Crippen molar-refractivity contribution in [2.24, 2.45) is 11.7 Å². The molecule has 0 spiro atoms. The minimum Gasteiger partial charge on any atom is -0.361 e. The molecule has 3 aromatic carbocycles. The molecule has 4 heterocycles. The van der Waals surface area contributed by atoms with Gasteiger partial charge in [0.1, 0.15) is 36.3 Å². The highest BCUT2D eigenvalue weighted by Gasteiger charge is 2.36. The Hall–Kier alpha value is -7.27. The molecule has 0 radical (unpaired) electrons. The molecule has 6 atom stereocenters. The minimum atomic E-state index is -1.27. The summed E-state index contributed by atoms with van der Waals surface area (Å²) in [6.07, 6.45) is 7.99. The predicted molar refractivity (Wildman–Crippen MR) is 250 cm³/mol. The standard InChI is InChI=1S/C49H59N11O6/c1-29(2)20-39-45(62)58-42(23-32-26-53-37-17-9-7-15-35(32)37)48(65)57-40(21-30-12-4-3-5-13-30)46(63)60-43(24-33-27-51-28-54-33)49(66)59-41(22-31-25-52-36-16-8-6-14-34(31)36)47(64)55-38(44(61)56-39)18-10-11-19-50/h3-9,12-17,25-29,38-43,52-53H,10-11,18-24,50H2,1-2H3,(H,51,54)(H,55,64)(H,56,61)(H,57,65)(H,58,62)(H,59,66)(H,60,63)/t38-,39+,40+,41+,42-,43-/m0/s1. The quantitative estimate of drug-likeness (QED) is 0.0726. The summed E-state index contributed by atoms with van der Waals surface area (Å²) >= 11 is 0. The Morgan fingerprint density at radius 2 is 0.970 bits per heavy atom. The number of hydrogen-bond donors (Lipinski definition) is 10. The third-order valence-corrected chi connectivity index (χ3v) is 11.9. The van der Waals surface area contributed by atoms with Crippen molar-refractivity contribution in [3.63, 3.8) is 0 Å². The first-order chi connectivity index (χ1) is 31.9. The molecule has 0 saturated carbocycles. The number of rotatable bonds is 14. The number of aromatic nitrogens is 4. The fourth-order valence-electron chi connectivity index (χ4n) is 8.44. The van der Waals surface area contributed by atoms with E-state index in [1.807, 2.05) is 92.7 Å². The maximum atomic E-state index is 14.7. The van der Waals surface area contributed by atoms with Crippen LogP contribution in [0, 0.1) is 5.92 Å². The molecule has 6 aromatic rings. The van der Waals surface area contributed by atoms with Gasteiger partial charge in [-0.25, -0.2) is 4.98 Å². The third-order valence-electron chi connectivity index (χ3n) is 11.9. The average molecular weight is 898 g/mol. The summed E-state index contributed by atoms with van der Waals surface area (Å²) in [5, 5.41) is 19.1. The van der Waals surface area contributed by atoms with E-state index in [0.29, 0.717) is 25.1 Å². The lowest BCUT2D eigenvalue weighted by Crippen LogP contribution is -2.62. The van der Waals surface area contributed by atoms with Crippen LogP contribution in [-0.4, -0.2) is 98.2 Å². The van der Waals surface area contributed by atoms with Gasteiger partial charge in [-0.2, -0.15) is 0 Å². The van der Waals surface area contributed by atoms with Gasteiger partial charge in [-0.1, -0.05) is 80.6 Å². The Balaban J connectivity index is 1.30. The number of nitrogens with zero attached hydrogens (tertiary/aromatic N) is 1. The molecule has 0 unspecified atom stereocenters. The van der Waals surface area contributed by atoms with Crippen LogP contribution in [0.2, 0.25) is 0 Å². The van der Waals surface area contributed by atoms with Crippen molar-refractivity contribution in [2.75, 3.05) is 6.54 Å². The van der Waals surface area contributed by atoms with Gasteiger partial charge in [-0.3, -0.25) is 28.8 Å². The molecular formula is C49H59N11O6. The maximum Gasteiger partial charge on any atom is 0.243 e. The second-order valence-electron chi connectivity index (χ2n) is 17.4. The maximum absolute atomic E-state index is 14.7. The number of benzene rings is 3. The van der Waals surface area contributed by atoms with Gasteiger partial charge in [0.15, 0.2) is 0 Å². The van der Waals surface area contributed by atoms with Gasteiger partial charge < -0.3 is 52.6 Å². The molecule has 1 aliphatic rings. The Bertz CT molecular complexity index is 2610. The van der Waals surface area contributed by atoms with Gasteiger partial charge in [-0.15, -0.1) is 0 Å². The Labute approximate surface area is 382 Å². The van der Waals surface area contributed by atoms with E-state index in [-0.39, 0.29) is 44.4 Å². The van der Waals surface area contributed by atoms with E-state index in [1.165, 1.54) is 12.5 Å². The molecule has 0 bridgehead atoms. The highest BCUT2D eigenvalue weighted by molar-refractivity contribution is 5.99. The van der Waals surface area contributed by atoms with Crippen molar-refractivity contribution < 1.29 is 28.8 Å². The van der Waals surface area contributed by atoms with Gasteiger partial charge in [0.25, 0.3) is 0 Å². The van der Waals surface area contributed by atoms with Gasteiger partial charge in [0.2, 0.25) is 35.4 Å². The highest BCUT2D eigenvalue weighted by Crippen LogP contribution is 2.22. The van der Waals surface area contributed by atoms with E-state index in [9.17, 15) is 28.8 Å². The summed E-state index contributed by atoms with van der Waals surface area (Å²) < 4.78 is 0. The largest absolute Gasteiger partial charge is 0.361 e. The summed E-state index contributed by atoms with van der Waals surface area (Å²) in [6.45, 7) is 4.17. The first-order valence-corrected chi connectivity index (χ1v) is 22.6. The van der Waals surface area contributed by atoms with Crippen molar-refractivity contribution in [1.29, 1.82) is 0 Å². The summed E-state index contributed by atoms with van der Waals surface area (Å²) in [4.78, 5) is 101. The van der Waals surface area contributed by atoms with Crippen LogP contribution in [-0.2, 0) is 54.5 Å². The number of hydrogen-bond acceptors (Lipinski definition) is 8. The van der Waals surface area contributed by atoms with Crippen LogP contribution < -0.4 is 37.6 Å². The number of para-hydroxylation sites is 2. The summed E-state index contributed by atoms with van der Waals surface area (Å²) in [5.41, 5.74) is 10.2. The number of amides is 6. The molecular weight excluding hydrogens is 839 g/mol. The van der Waals surface area contributed by atoms with Crippen LogP contribution in [0.25, 0.3) is 21.8 Å². The minimum absolute atomic E-state index is 0.0202. The SMILES string of the molecule is CC(C)C[C@H]1NC(=O)[C@H](CCCCN)NC(=O)[C@@H](Cc2c[nH]c3ccccc23)NC(=O)[C@H](Cc2cnc[nH]2)NC(=O)[C@@H](Cc2ccccc2)NC(=O)[C@H](Cc2c[nH]c3ccccc23)NC1=O. The van der Waals surface area contributed by atoms with Crippen molar-refractivity contribution in [3.8, 4) is 0 Å². The molecule has 66 heavy (non-hydrogen) atoms. The first kappa shape index (κ1) is 46.7. The number of imidazole rings is 1. The van der Waals surface area contributed by atoms with Crippen LogP contribution in [0.5, 0.6) is 0 Å². The number of H-pyrrole nitrogens is 3. The van der Waals surface area contributed by atoms with Crippen LogP contribution in [0.3, 0.4) is 0 Å². The Morgan fingerprint density at radius 3 is 1.48 bits per heavy atom. The van der Waals surface area contributed by atoms with E-state index in [1.54, 1.807) is 12.4 Å². The third kappa shape index (κ3) is 12.1. The van der Waals surface area contributed by atoms with E-state index < -0.39 is 71.7 Å². The zero-order valence-electron chi connectivity index (χ0n) is 37.2. The monoisotopic (exact) mass is 897 g/mol. The highest BCUT2D eigenvalue weighted by atomic mass is 16.2. The number of fused-ring (bicyclic) bond motifs is 2. The lowest BCUT2D eigenvalue weighted by molar-refractivity contribution is -0.136. The van der Waals surface area contributed by atoms with Crippen LogP contribution in [0.4, 0.5) is 0 Å². The number of nitrogens with two attached hydrogens (primary N) is 1. The molecule has 3 aromatic heterocycles. The first-order valence-electron chi connectivity index (χ1n) is 22.6. The smallest absolute Gasteiger partial charge is 0.243 e. The van der Waals surface area contributed by atoms with Crippen molar-refractivity contribution in [2.45, 2.75) is 101 Å². The van der Waals surface area contributed by atoms with Gasteiger partial charge in [-0.05, 0) is 67.0 Å². The van der Waals surface area contributed by atoms with Crippen LogP contribution in [0.15, 0.2) is 104 Å². The lowest BCUT2D eigenvalue weighted by Gasteiger charge is -2.29. The predicted octanol–water partition coefficient (Wildman–Crippen LogP) is 2.74. The Kier molecular flexibility index (Phi) is 15.6. The molecule has 11 N–H and O–H groups in total. The molecule has 346 valence electrons. The van der Waals surface area contributed by atoms with Crippen molar-refractivity contribution >= 4 is 57.2 Å². The molecule has 6 amide bonds. The van der Waals surface area contributed by atoms with Crippen LogP contribution in [0.1, 0.15) is 61.9 Å². The summed E-state index contributed by atoms with van der Waals surface area (Å²) in [6, 6.07) is 17.0. The Morgan fingerprint density at radius 1 is 0.515 bits per heavy atom. The molecule has 1 fully saturated rings. The van der Waals surface area contributed by atoms with Gasteiger partial charge in [0.05, 0.1) is 6.33 Å². The number of nitrogens with one attached hydrogen (secondary N) is 9. The second kappa shape index (κ2) is 22.1. The fourth-order valence-corrected chi connectivity index (χ4v) is 8.44. The summed E-state index contributed by atoms with van der Waals surface area (Å²) in [7, 11) is 0. The van der Waals surface area contributed by atoms with Crippen molar-refractivity contribution in [1.82, 2.24) is 51.8 Å². The lowest BCUT2D eigenvalue weighted by atomic mass is 9.98. The van der Waals surface area contributed by atoms with Crippen LogP contribution >= 0.6 is 0 Å². The van der Waals surface area contributed by atoms with E-state index >= 15 is 0 Å². The van der Waals surface area contributed by atoms with Gasteiger partial charge >= 0.3 is 0 Å². The number of carbonyl (C=O) groups excluding carboxylic acids is 6. The molecule has 1 aliphatic heterocycles. The zero-order valence-corrected chi connectivity index (χ0v) is 37.2. The number of aromatic amines is 3. The number of carbonyl (C=O) groups is 6. The topological polar surface area (TPSA) is 261 Å². The normalized spacial score (nSPS) is 21.6. The molecule has 0 aliphatic carbocycles. The fraction of sp³-hybridized carbons (Fsp3) is 0.367. The van der Waals surface area contributed by atoms with E-state index in [4.69, 9.17) is 5.73 Å². The molecule has 7 rings (SSSR count). The molecule has 17 heteroatoms. The zero-order chi connectivity index (χ0) is 46.6. The van der Waals surface area contributed by atoms with Gasteiger partial charge in [0, 0.05) is 71.8 Å². The second-order valence-corrected chi connectivity index (χ2v) is 17.4. The van der Waals surface area contributed by atoms with E-state index in [2.05, 4.69) is 51.8 Å². The molecule has 1 saturated heterocycles. The van der Waals surface area contributed by atoms with Crippen molar-refractivity contribution in [3.05, 3.63) is 126 Å². The average Bonchev–Trinajstić information content (AvgIpc) is 4.08. The number of unbranched alkanes of at least 4 members (excludes halogenated alkanes) is 1. The van der Waals surface area contributed by atoms with E-state index in [0.717, 1.165) is 38.5 Å². The molecule has 17 nitrogen and oxygen atoms in total. The summed E-state index contributed by atoms with van der Waals surface area (Å²) in [5.74, 6) is -3.95.